The average Bonchev–Trinajstić information content (AvgIpc) is 3.02. The second-order valence-corrected chi connectivity index (χ2v) is 5.76. The fourth-order valence-corrected chi connectivity index (χ4v) is 2.71. The Bertz CT molecular complexity index is 623. The highest BCUT2D eigenvalue weighted by Gasteiger charge is 2.26. The third-order valence-corrected chi connectivity index (χ3v) is 4.04. The maximum atomic E-state index is 12.1. The van der Waals surface area contributed by atoms with Gasteiger partial charge in [0.05, 0.1) is 17.7 Å². The van der Waals surface area contributed by atoms with Crippen molar-refractivity contribution in [1.82, 2.24) is 15.5 Å². The number of benzene rings is 1. The standard InChI is InChI=1S/C17H22N4O2/c1-3-16(22)21-8-7-15(11-21)20-17(23)19-12(2)14-6-4-5-13(9-14)10-18/h4-6,9,12,15H,3,7-8,11H2,1-2H3,(H2,19,20,23). The molecule has 23 heavy (non-hydrogen) atoms. The van der Waals surface area contributed by atoms with Crippen LogP contribution in [0.1, 0.15) is 43.9 Å². The molecule has 1 heterocycles. The Morgan fingerprint density at radius 2 is 2.26 bits per heavy atom. The molecule has 1 aliphatic heterocycles. The van der Waals surface area contributed by atoms with Gasteiger partial charge in [0, 0.05) is 25.6 Å². The summed E-state index contributed by atoms with van der Waals surface area (Å²) >= 11 is 0. The lowest BCUT2D eigenvalue weighted by Crippen LogP contribution is -2.44. The van der Waals surface area contributed by atoms with Gasteiger partial charge in [0.1, 0.15) is 0 Å². The number of urea groups is 1. The molecule has 3 amide bonds. The first-order chi connectivity index (χ1) is 11.0. The molecule has 6 heteroatoms. The minimum absolute atomic E-state index is 0.0110. The van der Waals surface area contributed by atoms with Crippen molar-refractivity contribution in [3.8, 4) is 6.07 Å². The first-order valence-electron chi connectivity index (χ1n) is 7.88. The molecule has 0 bridgehead atoms. The van der Waals surface area contributed by atoms with Crippen LogP contribution < -0.4 is 10.6 Å². The number of amides is 3. The zero-order chi connectivity index (χ0) is 16.8. The zero-order valence-electron chi connectivity index (χ0n) is 13.5. The van der Waals surface area contributed by atoms with E-state index in [0.717, 1.165) is 12.0 Å². The van der Waals surface area contributed by atoms with Gasteiger partial charge < -0.3 is 15.5 Å². The van der Waals surface area contributed by atoms with Crippen LogP contribution in [0.5, 0.6) is 0 Å². The van der Waals surface area contributed by atoms with Gasteiger partial charge in [-0.15, -0.1) is 0 Å². The zero-order valence-corrected chi connectivity index (χ0v) is 13.5. The van der Waals surface area contributed by atoms with Crippen LogP contribution in [-0.2, 0) is 4.79 Å². The van der Waals surface area contributed by atoms with Crippen molar-refractivity contribution in [3.05, 3.63) is 35.4 Å². The predicted octanol–water partition coefficient (Wildman–Crippen LogP) is 1.93. The van der Waals surface area contributed by atoms with Gasteiger partial charge in [-0.1, -0.05) is 19.1 Å². The van der Waals surface area contributed by atoms with Gasteiger partial charge in [-0.2, -0.15) is 5.26 Å². The van der Waals surface area contributed by atoms with Crippen LogP contribution in [0.2, 0.25) is 0 Å². The summed E-state index contributed by atoms with van der Waals surface area (Å²) < 4.78 is 0. The van der Waals surface area contributed by atoms with E-state index < -0.39 is 0 Å². The largest absolute Gasteiger partial charge is 0.341 e. The molecule has 1 aromatic rings. The lowest BCUT2D eigenvalue weighted by Gasteiger charge is -2.19. The number of carbonyl (C=O) groups is 2. The molecule has 0 radical (unpaired) electrons. The van der Waals surface area contributed by atoms with Crippen molar-refractivity contribution < 1.29 is 9.59 Å². The van der Waals surface area contributed by atoms with E-state index in [1.165, 1.54) is 0 Å². The molecular weight excluding hydrogens is 292 g/mol. The van der Waals surface area contributed by atoms with Crippen LogP contribution in [0.4, 0.5) is 4.79 Å². The van der Waals surface area contributed by atoms with Gasteiger partial charge >= 0.3 is 6.03 Å². The summed E-state index contributed by atoms with van der Waals surface area (Å²) in [6.45, 7) is 4.97. The third-order valence-electron chi connectivity index (χ3n) is 4.04. The molecule has 0 aliphatic carbocycles. The normalized spacial score (nSPS) is 18.1. The highest BCUT2D eigenvalue weighted by atomic mass is 16.2. The minimum Gasteiger partial charge on any atom is -0.341 e. The number of nitriles is 1. The number of nitrogens with zero attached hydrogens (tertiary/aromatic N) is 2. The second-order valence-electron chi connectivity index (χ2n) is 5.76. The highest BCUT2D eigenvalue weighted by Crippen LogP contribution is 2.14. The second kappa shape index (κ2) is 7.63. The monoisotopic (exact) mass is 314 g/mol. The molecule has 2 unspecified atom stereocenters. The fraction of sp³-hybridized carbons (Fsp3) is 0.471. The van der Waals surface area contributed by atoms with Crippen LogP contribution in [0.15, 0.2) is 24.3 Å². The van der Waals surface area contributed by atoms with Crippen molar-refractivity contribution in [2.45, 2.75) is 38.8 Å². The first kappa shape index (κ1) is 16.8. The van der Waals surface area contributed by atoms with Crippen molar-refractivity contribution in [3.63, 3.8) is 0 Å². The summed E-state index contributed by atoms with van der Waals surface area (Å²) in [5.41, 5.74) is 1.45. The predicted molar refractivity (Wildman–Crippen MR) is 86.5 cm³/mol. The summed E-state index contributed by atoms with van der Waals surface area (Å²) in [4.78, 5) is 25.5. The molecule has 6 nitrogen and oxygen atoms in total. The number of hydrogen-bond acceptors (Lipinski definition) is 3. The van der Waals surface area contributed by atoms with Gasteiger partial charge in [-0.05, 0) is 31.0 Å². The Balaban J connectivity index is 1.85. The molecule has 0 saturated carbocycles. The van der Waals surface area contributed by atoms with E-state index in [1.54, 1.807) is 23.1 Å². The molecule has 0 spiro atoms. The minimum atomic E-state index is -0.254. The molecule has 2 atom stereocenters. The molecule has 0 aromatic heterocycles. The van der Waals surface area contributed by atoms with E-state index in [2.05, 4.69) is 16.7 Å². The van der Waals surface area contributed by atoms with Gasteiger partial charge in [-0.3, -0.25) is 4.79 Å². The van der Waals surface area contributed by atoms with E-state index in [0.29, 0.717) is 25.1 Å². The van der Waals surface area contributed by atoms with Crippen molar-refractivity contribution in [2.75, 3.05) is 13.1 Å². The lowest BCUT2D eigenvalue weighted by atomic mass is 10.1. The molecule has 122 valence electrons. The average molecular weight is 314 g/mol. The summed E-state index contributed by atoms with van der Waals surface area (Å²) in [5, 5.41) is 14.7. The lowest BCUT2D eigenvalue weighted by molar-refractivity contribution is -0.129. The Kier molecular flexibility index (Phi) is 5.58. The van der Waals surface area contributed by atoms with E-state index >= 15 is 0 Å². The maximum absolute atomic E-state index is 12.1. The number of likely N-dealkylation sites (tertiary alicyclic amines) is 1. The maximum Gasteiger partial charge on any atom is 0.315 e. The molecule has 2 rings (SSSR count). The SMILES string of the molecule is CCC(=O)N1CCC(NC(=O)NC(C)c2cccc(C#N)c2)C1. The van der Waals surface area contributed by atoms with Crippen molar-refractivity contribution in [1.29, 1.82) is 5.26 Å². The van der Waals surface area contributed by atoms with Crippen LogP contribution in [-0.4, -0.2) is 36.0 Å². The van der Waals surface area contributed by atoms with E-state index in [4.69, 9.17) is 5.26 Å². The molecule has 2 N–H and O–H groups in total. The molecule has 1 saturated heterocycles. The van der Waals surface area contributed by atoms with Gasteiger partial charge in [0.25, 0.3) is 0 Å². The van der Waals surface area contributed by atoms with Crippen LogP contribution in [0.25, 0.3) is 0 Å². The Morgan fingerprint density at radius 1 is 1.48 bits per heavy atom. The van der Waals surface area contributed by atoms with Gasteiger partial charge in [0.2, 0.25) is 5.91 Å². The first-order valence-corrected chi connectivity index (χ1v) is 7.88. The van der Waals surface area contributed by atoms with E-state index in [9.17, 15) is 9.59 Å². The van der Waals surface area contributed by atoms with Crippen LogP contribution in [0.3, 0.4) is 0 Å². The van der Waals surface area contributed by atoms with Crippen LogP contribution in [0, 0.1) is 11.3 Å². The summed E-state index contributed by atoms with van der Waals surface area (Å²) in [7, 11) is 0. The number of nitrogens with one attached hydrogen (secondary N) is 2. The van der Waals surface area contributed by atoms with Gasteiger partial charge in [0.15, 0.2) is 0 Å². The summed E-state index contributed by atoms with van der Waals surface area (Å²) in [5.74, 6) is 0.122. The third kappa shape index (κ3) is 4.46. The molecular formula is C17H22N4O2. The highest BCUT2D eigenvalue weighted by molar-refractivity contribution is 5.77. The Hall–Kier alpha value is -2.55. The number of hydrogen-bond donors (Lipinski definition) is 2. The summed E-state index contributed by atoms with van der Waals surface area (Å²) in [6, 6.07) is 8.80. The number of carbonyl (C=O) groups excluding carboxylic acids is 2. The van der Waals surface area contributed by atoms with E-state index in [1.807, 2.05) is 19.9 Å². The Morgan fingerprint density at radius 3 is 2.96 bits per heavy atom. The molecule has 1 aliphatic rings. The fourth-order valence-electron chi connectivity index (χ4n) is 2.71. The summed E-state index contributed by atoms with van der Waals surface area (Å²) in [6.07, 6.45) is 1.27. The van der Waals surface area contributed by atoms with Crippen molar-refractivity contribution in [2.24, 2.45) is 0 Å². The smallest absolute Gasteiger partial charge is 0.315 e. The quantitative estimate of drug-likeness (QED) is 0.890. The van der Waals surface area contributed by atoms with Crippen molar-refractivity contribution >= 4 is 11.9 Å². The Labute approximate surface area is 136 Å². The molecule has 1 fully saturated rings. The van der Waals surface area contributed by atoms with Crippen LogP contribution >= 0.6 is 0 Å². The van der Waals surface area contributed by atoms with Gasteiger partial charge in [-0.25, -0.2) is 4.79 Å². The number of rotatable bonds is 4. The topological polar surface area (TPSA) is 85.2 Å². The molecule has 1 aromatic carbocycles. The van der Waals surface area contributed by atoms with E-state index in [-0.39, 0.29) is 24.0 Å².